The Morgan fingerprint density at radius 2 is 1.03 bits per heavy atom. The molecule has 0 atom stereocenters. The Hall–Kier alpha value is -4.83. The monoisotopic (exact) mass is 514 g/mol. The molecule has 39 heavy (non-hydrogen) atoms. The number of rotatable bonds is 4. The number of benzene rings is 7. The van der Waals surface area contributed by atoms with Crippen LogP contribution in [0.1, 0.15) is 5.56 Å². The molecular weight excluding hydrogens is 493 g/mol. The van der Waals surface area contributed by atoms with Gasteiger partial charge in [-0.25, -0.2) is 0 Å². The van der Waals surface area contributed by atoms with Crippen LogP contribution < -0.4 is 4.74 Å². The minimum absolute atomic E-state index is 0.355. The first-order valence-electron chi connectivity index (χ1n) is 12.7. The van der Waals surface area contributed by atoms with Gasteiger partial charge in [0.2, 0.25) is 0 Å². The molecule has 0 N–H and O–H groups in total. The van der Waals surface area contributed by atoms with Gasteiger partial charge >= 0.3 is 6.18 Å². The Bertz CT molecular complexity index is 1880. The van der Waals surface area contributed by atoms with Crippen LogP contribution in [0.4, 0.5) is 13.2 Å². The van der Waals surface area contributed by atoms with Gasteiger partial charge in [0.05, 0.1) is 5.56 Å². The molecule has 0 saturated heterocycles. The van der Waals surface area contributed by atoms with Gasteiger partial charge in [-0.2, -0.15) is 13.2 Å². The number of hydrogen-bond donors (Lipinski definition) is 0. The van der Waals surface area contributed by atoms with Crippen LogP contribution in [0, 0.1) is 0 Å². The van der Waals surface area contributed by atoms with E-state index in [1.165, 1.54) is 12.1 Å². The van der Waals surface area contributed by atoms with Gasteiger partial charge in [-0.05, 0) is 86.3 Å². The van der Waals surface area contributed by atoms with Crippen molar-refractivity contribution in [2.45, 2.75) is 6.18 Å². The highest BCUT2D eigenvalue weighted by Crippen LogP contribution is 2.46. The molecule has 7 aromatic carbocycles. The van der Waals surface area contributed by atoms with E-state index in [0.717, 1.165) is 66.7 Å². The summed E-state index contributed by atoms with van der Waals surface area (Å²) in [6.45, 7) is 0. The molecule has 0 amide bonds. The van der Waals surface area contributed by atoms with Crippen molar-refractivity contribution in [2.75, 3.05) is 0 Å². The van der Waals surface area contributed by atoms with Crippen molar-refractivity contribution in [2.24, 2.45) is 0 Å². The number of ether oxygens (including phenoxy) is 1. The average molecular weight is 515 g/mol. The summed E-state index contributed by atoms with van der Waals surface area (Å²) in [5, 5.41) is 6.48. The fraction of sp³-hybridized carbons (Fsp3) is 0.0286. The van der Waals surface area contributed by atoms with E-state index in [-0.39, 0.29) is 0 Å². The van der Waals surface area contributed by atoms with Crippen LogP contribution >= 0.6 is 0 Å². The third-order valence-electron chi connectivity index (χ3n) is 7.32. The molecule has 0 radical (unpaired) electrons. The summed E-state index contributed by atoms with van der Waals surface area (Å²) in [5.74, 6) is 0.955. The van der Waals surface area contributed by atoms with Crippen molar-refractivity contribution < 1.29 is 17.9 Å². The normalized spacial score (nSPS) is 12.0. The summed E-state index contributed by atoms with van der Waals surface area (Å²) in [6.07, 6.45) is -4.39. The van der Waals surface area contributed by atoms with Crippen molar-refractivity contribution in [3.05, 3.63) is 133 Å². The SMILES string of the molecule is FC(F)(F)c1ccc(Oc2ccc3ccc4c(-c5ccccc5)cc(-c5ccccc5)c5ccc2c3c45)cc1. The molecule has 4 heteroatoms. The second-order valence-corrected chi connectivity index (χ2v) is 9.64. The lowest BCUT2D eigenvalue weighted by Crippen LogP contribution is -2.04. The standard InChI is InChI=1S/C35H21F3O/c36-35(37,38)25-13-15-26(16-14-25)39-32-20-12-24-11-17-27-30(22-7-3-1-4-8-22)21-31(23-9-5-2-6-10-23)28-18-19-29(32)33(24)34(27)28/h1-21H. The zero-order valence-electron chi connectivity index (χ0n) is 20.7. The molecular formula is C35H21F3O. The second kappa shape index (κ2) is 8.88. The minimum atomic E-state index is -4.39. The van der Waals surface area contributed by atoms with Crippen molar-refractivity contribution >= 4 is 32.3 Å². The first kappa shape index (κ1) is 23.3. The Morgan fingerprint density at radius 1 is 0.487 bits per heavy atom. The molecule has 7 rings (SSSR count). The summed E-state index contributed by atoms with van der Waals surface area (Å²) in [4.78, 5) is 0. The zero-order chi connectivity index (χ0) is 26.6. The van der Waals surface area contributed by atoms with E-state index in [1.54, 1.807) is 0 Å². The molecule has 0 saturated carbocycles. The topological polar surface area (TPSA) is 9.23 Å². The Morgan fingerprint density at radius 3 is 1.62 bits per heavy atom. The summed E-state index contributed by atoms with van der Waals surface area (Å²) in [5.41, 5.74) is 3.85. The highest BCUT2D eigenvalue weighted by Gasteiger charge is 2.30. The van der Waals surface area contributed by atoms with Gasteiger partial charge in [0.15, 0.2) is 0 Å². The lowest BCUT2D eigenvalue weighted by atomic mass is 9.85. The molecule has 0 unspecified atom stereocenters. The smallest absolute Gasteiger partial charge is 0.416 e. The molecule has 7 aromatic rings. The van der Waals surface area contributed by atoms with Crippen LogP contribution in [0.25, 0.3) is 54.6 Å². The maximum absolute atomic E-state index is 13.1. The summed E-state index contributed by atoms with van der Waals surface area (Å²) >= 11 is 0. The Labute approximate surface area is 223 Å². The third-order valence-corrected chi connectivity index (χ3v) is 7.32. The number of alkyl halides is 3. The second-order valence-electron chi connectivity index (χ2n) is 9.64. The zero-order valence-corrected chi connectivity index (χ0v) is 20.7. The quantitative estimate of drug-likeness (QED) is 0.212. The van der Waals surface area contributed by atoms with Gasteiger partial charge in [-0.1, -0.05) is 84.9 Å². The van der Waals surface area contributed by atoms with E-state index in [1.807, 2.05) is 48.5 Å². The van der Waals surface area contributed by atoms with Gasteiger partial charge in [-0.3, -0.25) is 0 Å². The summed E-state index contributed by atoms with van der Waals surface area (Å²) < 4.78 is 45.3. The highest BCUT2D eigenvalue weighted by atomic mass is 19.4. The molecule has 0 spiro atoms. The largest absolute Gasteiger partial charge is 0.457 e. The first-order chi connectivity index (χ1) is 19.0. The molecule has 0 aliphatic carbocycles. The predicted molar refractivity (Wildman–Crippen MR) is 153 cm³/mol. The molecule has 0 heterocycles. The molecule has 188 valence electrons. The van der Waals surface area contributed by atoms with Crippen molar-refractivity contribution in [1.82, 2.24) is 0 Å². The third kappa shape index (κ3) is 3.96. The van der Waals surface area contributed by atoms with E-state index < -0.39 is 11.7 Å². The molecule has 0 bridgehead atoms. The lowest BCUT2D eigenvalue weighted by molar-refractivity contribution is -0.137. The summed E-state index contributed by atoms with van der Waals surface area (Å²) in [7, 11) is 0. The van der Waals surface area contributed by atoms with Crippen LogP contribution in [0.5, 0.6) is 11.5 Å². The van der Waals surface area contributed by atoms with E-state index in [0.29, 0.717) is 11.5 Å². The number of hydrogen-bond acceptors (Lipinski definition) is 1. The van der Waals surface area contributed by atoms with Crippen LogP contribution in [0.2, 0.25) is 0 Å². The first-order valence-corrected chi connectivity index (χ1v) is 12.7. The molecule has 0 aliphatic rings. The highest BCUT2D eigenvalue weighted by molar-refractivity contribution is 6.29. The van der Waals surface area contributed by atoms with Crippen molar-refractivity contribution in [3.8, 4) is 33.8 Å². The van der Waals surface area contributed by atoms with Gasteiger partial charge in [0.1, 0.15) is 11.5 Å². The molecule has 1 nitrogen and oxygen atoms in total. The fourth-order valence-corrected chi connectivity index (χ4v) is 5.51. The van der Waals surface area contributed by atoms with E-state index >= 15 is 0 Å². The average Bonchev–Trinajstić information content (AvgIpc) is 2.97. The Kier molecular flexibility index (Phi) is 5.31. The molecule has 0 aliphatic heterocycles. The molecule has 0 aromatic heterocycles. The van der Waals surface area contributed by atoms with Crippen LogP contribution in [0.3, 0.4) is 0 Å². The minimum Gasteiger partial charge on any atom is -0.457 e. The fourth-order valence-electron chi connectivity index (χ4n) is 5.51. The van der Waals surface area contributed by atoms with Gasteiger partial charge < -0.3 is 4.74 Å². The predicted octanol–water partition coefficient (Wildman–Crippen LogP) is 10.7. The lowest BCUT2D eigenvalue weighted by Gasteiger charge is -2.19. The Balaban J connectivity index is 1.48. The van der Waals surface area contributed by atoms with E-state index in [2.05, 4.69) is 54.6 Å². The molecule has 0 fully saturated rings. The summed E-state index contributed by atoms with van der Waals surface area (Å²) in [6, 6.07) is 40.2. The van der Waals surface area contributed by atoms with Gasteiger partial charge in [-0.15, -0.1) is 0 Å². The van der Waals surface area contributed by atoms with Crippen molar-refractivity contribution in [3.63, 3.8) is 0 Å². The maximum Gasteiger partial charge on any atom is 0.416 e. The van der Waals surface area contributed by atoms with Crippen LogP contribution in [0.15, 0.2) is 127 Å². The van der Waals surface area contributed by atoms with E-state index in [9.17, 15) is 13.2 Å². The maximum atomic E-state index is 13.1. The van der Waals surface area contributed by atoms with Crippen LogP contribution in [-0.4, -0.2) is 0 Å². The van der Waals surface area contributed by atoms with Gasteiger partial charge in [0.25, 0.3) is 0 Å². The number of halogens is 3. The van der Waals surface area contributed by atoms with Crippen LogP contribution in [-0.2, 0) is 6.18 Å². The van der Waals surface area contributed by atoms with Crippen molar-refractivity contribution in [1.29, 1.82) is 0 Å². The van der Waals surface area contributed by atoms with E-state index in [4.69, 9.17) is 4.74 Å². The van der Waals surface area contributed by atoms with Gasteiger partial charge in [0, 0.05) is 10.8 Å².